The van der Waals surface area contributed by atoms with E-state index >= 15 is 0 Å². The zero-order valence-corrected chi connectivity index (χ0v) is 20.3. The predicted molar refractivity (Wildman–Crippen MR) is 133 cm³/mol. The molecule has 9 nitrogen and oxygen atoms in total. The van der Waals surface area contributed by atoms with Crippen molar-refractivity contribution in [1.29, 1.82) is 0 Å². The number of hydrogen-bond acceptors (Lipinski definition) is 7. The quantitative estimate of drug-likeness (QED) is 0.348. The van der Waals surface area contributed by atoms with E-state index in [0.717, 1.165) is 36.5 Å². The van der Waals surface area contributed by atoms with Gasteiger partial charge in [0.15, 0.2) is 0 Å². The van der Waals surface area contributed by atoms with Gasteiger partial charge in [-0.25, -0.2) is 9.78 Å². The maximum Gasteiger partial charge on any atom is 0.328 e. The molecular weight excluding hydrogens is 446 g/mol. The van der Waals surface area contributed by atoms with Crippen LogP contribution < -0.4 is 10.5 Å². The van der Waals surface area contributed by atoms with Crippen molar-refractivity contribution in [3.63, 3.8) is 0 Å². The number of aromatic nitrogens is 3. The van der Waals surface area contributed by atoms with Crippen molar-refractivity contribution in [2.45, 2.75) is 63.6 Å². The zero-order chi connectivity index (χ0) is 24.8. The molecule has 9 heteroatoms. The van der Waals surface area contributed by atoms with Gasteiger partial charge in [-0.05, 0) is 18.6 Å². The molecule has 2 N–H and O–H groups in total. The van der Waals surface area contributed by atoms with Crippen LogP contribution in [0.3, 0.4) is 0 Å². The number of anilines is 1. The van der Waals surface area contributed by atoms with E-state index in [1.807, 2.05) is 24.3 Å². The standard InChI is InChI=1S/C26H33N5O4/c1-3-4-5-6-9-21(30-16-24(27)29-17-30)25(32)31-15-19(13-22(31)26(33)34-2)35-23-10-7-8-18-14-28-12-11-20(18)23/h7-8,10-12,14,16-17,19,21-22H,3-6,9,13,15,27H2,1-2H3/t19-,21+,22-/m0/s1. The number of nitrogen functional groups attached to an aromatic ring is 1. The summed E-state index contributed by atoms with van der Waals surface area (Å²) in [6.45, 7) is 2.44. The lowest BCUT2D eigenvalue weighted by atomic mass is 10.1. The van der Waals surface area contributed by atoms with Crippen LogP contribution in [0.2, 0.25) is 0 Å². The molecular formula is C26H33N5O4. The molecule has 0 unspecified atom stereocenters. The summed E-state index contributed by atoms with van der Waals surface area (Å²) < 4.78 is 13.1. The Bertz CT molecular complexity index is 1160. The molecule has 1 fully saturated rings. The number of fused-ring (bicyclic) bond motifs is 1. The molecule has 0 spiro atoms. The number of benzene rings is 1. The third kappa shape index (κ3) is 5.55. The van der Waals surface area contributed by atoms with Gasteiger partial charge in [0.1, 0.15) is 29.8 Å². The summed E-state index contributed by atoms with van der Waals surface area (Å²) in [5.74, 6) is 0.462. The molecule has 0 bridgehead atoms. The van der Waals surface area contributed by atoms with Gasteiger partial charge in [-0.1, -0.05) is 44.7 Å². The van der Waals surface area contributed by atoms with Gasteiger partial charge in [0.25, 0.3) is 0 Å². The van der Waals surface area contributed by atoms with Crippen LogP contribution in [0.15, 0.2) is 49.2 Å². The fraction of sp³-hybridized carbons (Fsp3) is 0.462. The number of nitrogens with zero attached hydrogens (tertiary/aromatic N) is 4. The minimum Gasteiger partial charge on any atom is -0.488 e. The minimum atomic E-state index is -0.715. The summed E-state index contributed by atoms with van der Waals surface area (Å²) in [4.78, 5) is 36.4. The Kier molecular flexibility index (Phi) is 7.84. The molecule has 0 saturated carbocycles. The summed E-state index contributed by atoms with van der Waals surface area (Å²) in [7, 11) is 1.34. The molecule has 3 aromatic rings. The van der Waals surface area contributed by atoms with E-state index in [1.54, 1.807) is 34.4 Å². The molecule has 1 saturated heterocycles. The number of carbonyl (C=O) groups excluding carboxylic acids is 2. The van der Waals surface area contributed by atoms with Crippen LogP contribution in [0.5, 0.6) is 5.75 Å². The number of hydrogen-bond donors (Lipinski definition) is 1. The highest BCUT2D eigenvalue weighted by atomic mass is 16.5. The van der Waals surface area contributed by atoms with Crippen LogP contribution in [-0.2, 0) is 14.3 Å². The second-order valence-corrected chi connectivity index (χ2v) is 8.97. The first-order valence-electron chi connectivity index (χ1n) is 12.2. The molecule has 4 rings (SSSR count). The van der Waals surface area contributed by atoms with E-state index in [2.05, 4.69) is 16.9 Å². The summed E-state index contributed by atoms with van der Waals surface area (Å²) in [5.41, 5.74) is 5.84. The molecule has 0 radical (unpaired) electrons. The Morgan fingerprint density at radius 1 is 1.23 bits per heavy atom. The SMILES string of the molecule is CCCCCC[C@H](C(=O)N1C[C@@H](Oc2cccc3cnccc23)C[C@H]1C(=O)OC)n1cnc(N)c1. The first-order valence-corrected chi connectivity index (χ1v) is 12.2. The van der Waals surface area contributed by atoms with E-state index in [9.17, 15) is 9.59 Å². The van der Waals surface area contributed by atoms with Crippen molar-refractivity contribution in [2.24, 2.45) is 0 Å². The van der Waals surface area contributed by atoms with E-state index < -0.39 is 18.1 Å². The first-order chi connectivity index (χ1) is 17.0. The molecule has 2 aromatic heterocycles. The predicted octanol–water partition coefficient (Wildman–Crippen LogP) is 3.75. The van der Waals surface area contributed by atoms with Gasteiger partial charge in [0.05, 0.1) is 20.0 Å². The van der Waals surface area contributed by atoms with Gasteiger partial charge in [-0.2, -0.15) is 0 Å². The fourth-order valence-corrected chi connectivity index (χ4v) is 4.74. The second kappa shape index (κ2) is 11.2. The summed E-state index contributed by atoms with van der Waals surface area (Å²) in [6.07, 6.45) is 11.5. The normalized spacial score (nSPS) is 18.5. The number of carbonyl (C=O) groups is 2. The number of likely N-dealkylation sites (tertiary alicyclic amines) is 1. The maximum atomic E-state index is 13.8. The Morgan fingerprint density at radius 3 is 2.83 bits per heavy atom. The number of nitrogens with two attached hydrogens (primary N) is 1. The van der Waals surface area contributed by atoms with Crippen molar-refractivity contribution in [3.8, 4) is 5.75 Å². The number of imidazole rings is 1. The molecule has 35 heavy (non-hydrogen) atoms. The topological polar surface area (TPSA) is 113 Å². The van der Waals surface area contributed by atoms with E-state index in [-0.39, 0.29) is 18.6 Å². The van der Waals surface area contributed by atoms with Crippen molar-refractivity contribution in [1.82, 2.24) is 19.4 Å². The number of esters is 1. The lowest BCUT2D eigenvalue weighted by Gasteiger charge is -2.28. The van der Waals surface area contributed by atoms with Crippen LogP contribution in [0.1, 0.15) is 51.5 Å². The molecule has 1 aromatic carbocycles. The summed E-state index contributed by atoms with van der Waals surface area (Å²) in [6, 6.07) is 6.46. The third-order valence-corrected chi connectivity index (χ3v) is 6.55. The second-order valence-electron chi connectivity index (χ2n) is 8.97. The first kappa shape index (κ1) is 24.5. The van der Waals surface area contributed by atoms with Crippen molar-refractivity contribution in [3.05, 3.63) is 49.2 Å². The molecule has 1 amide bonds. The number of methoxy groups -OCH3 is 1. The molecule has 186 valence electrons. The van der Waals surface area contributed by atoms with Gasteiger partial charge in [0, 0.05) is 35.8 Å². The number of unbranched alkanes of at least 4 members (excludes halogenated alkanes) is 3. The molecule has 3 atom stereocenters. The highest BCUT2D eigenvalue weighted by Gasteiger charge is 2.43. The van der Waals surface area contributed by atoms with Crippen LogP contribution in [0.4, 0.5) is 5.82 Å². The fourth-order valence-electron chi connectivity index (χ4n) is 4.74. The van der Waals surface area contributed by atoms with Gasteiger partial charge >= 0.3 is 5.97 Å². The zero-order valence-electron chi connectivity index (χ0n) is 20.3. The average molecular weight is 480 g/mol. The number of pyridine rings is 1. The number of ether oxygens (including phenoxy) is 2. The van der Waals surface area contributed by atoms with Crippen LogP contribution in [0.25, 0.3) is 10.8 Å². The minimum absolute atomic E-state index is 0.150. The summed E-state index contributed by atoms with van der Waals surface area (Å²) in [5, 5.41) is 1.90. The van der Waals surface area contributed by atoms with Gasteiger partial charge in [0.2, 0.25) is 5.91 Å². The largest absolute Gasteiger partial charge is 0.488 e. The third-order valence-electron chi connectivity index (χ3n) is 6.55. The Morgan fingerprint density at radius 2 is 2.09 bits per heavy atom. The molecule has 0 aliphatic carbocycles. The lowest BCUT2D eigenvalue weighted by molar-refractivity contribution is -0.152. The Hall–Kier alpha value is -3.62. The van der Waals surface area contributed by atoms with E-state index in [4.69, 9.17) is 15.2 Å². The number of amides is 1. The smallest absolute Gasteiger partial charge is 0.328 e. The van der Waals surface area contributed by atoms with E-state index in [1.165, 1.54) is 7.11 Å². The summed E-state index contributed by atoms with van der Waals surface area (Å²) >= 11 is 0. The Labute approximate surface area is 205 Å². The van der Waals surface area contributed by atoms with Crippen LogP contribution in [0, 0.1) is 0 Å². The highest BCUT2D eigenvalue weighted by molar-refractivity contribution is 5.88. The van der Waals surface area contributed by atoms with Crippen molar-refractivity contribution in [2.75, 3.05) is 19.4 Å². The van der Waals surface area contributed by atoms with Gasteiger partial charge in [-0.15, -0.1) is 0 Å². The monoisotopic (exact) mass is 479 g/mol. The Balaban J connectivity index is 1.56. The van der Waals surface area contributed by atoms with Crippen LogP contribution in [-0.4, -0.2) is 57.1 Å². The molecule has 3 heterocycles. The molecule has 1 aliphatic rings. The van der Waals surface area contributed by atoms with Gasteiger partial charge < -0.3 is 24.7 Å². The lowest BCUT2D eigenvalue weighted by Crippen LogP contribution is -2.44. The van der Waals surface area contributed by atoms with Crippen molar-refractivity contribution >= 4 is 28.5 Å². The number of rotatable bonds is 10. The van der Waals surface area contributed by atoms with Crippen molar-refractivity contribution < 1.29 is 19.1 Å². The van der Waals surface area contributed by atoms with Crippen LogP contribution >= 0.6 is 0 Å². The van der Waals surface area contributed by atoms with Gasteiger partial charge in [-0.3, -0.25) is 9.78 Å². The average Bonchev–Trinajstić information content (AvgIpc) is 3.50. The maximum absolute atomic E-state index is 13.8. The van der Waals surface area contributed by atoms with E-state index in [0.29, 0.717) is 24.4 Å². The highest BCUT2D eigenvalue weighted by Crippen LogP contribution is 2.31. The molecule has 1 aliphatic heterocycles.